The zero-order valence-corrected chi connectivity index (χ0v) is 10.6. The highest BCUT2D eigenvalue weighted by molar-refractivity contribution is 7.93. The summed E-state index contributed by atoms with van der Waals surface area (Å²) in [5.41, 5.74) is 6.18. The number of hydrogen-bond donors (Lipinski definition) is 1. The number of nitrogens with two attached hydrogens (primary N) is 1. The summed E-state index contributed by atoms with van der Waals surface area (Å²) in [5.74, 6) is 0.000260. The van der Waals surface area contributed by atoms with Crippen molar-refractivity contribution < 1.29 is 8.42 Å². The number of anilines is 2. The van der Waals surface area contributed by atoms with Gasteiger partial charge in [0.1, 0.15) is 10.7 Å². The molecule has 1 aromatic heterocycles. The molecule has 0 saturated heterocycles. The van der Waals surface area contributed by atoms with Crippen LogP contribution < -0.4 is 10.0 Å². The van der Waals surface area contributed by atoms with Gasteiger partial charge in [0.05, 0.1) is 5.69 Å². The van der Waals surface area contributed by atoms with Gasteiger partial charge in [-0.05, 0) is 24.3 Å². The second-order valence-corrected chi connectivity index (χ2v) is 5.63. The van der Waals surface area contributed by atoms with Crippen molar-refractivity contribution in [3.05, 3.63) is 48.7 Å². The molecule has 0 unspecified atom stereocenters. The zero-order chi connectivity index (χ0) is 13.2. The Hall–Kier alpha value is -2.08. The zero-order valence-electron chi connectivity index (χ0n) is 9.82. The van der Waals surface area contributed by atoms with Crippen LogP contribution in [0.4, 0.5) is 11.5 Å². The lowest BCUT2D eigenvalue weighted by Crippen LogP contribution is -2.27. The molecule has 1 heterocycles. The fraction of sp³-hybridized carbons (Fsp3) is 0.0833. The second-order valence-electron chi connectivity index (χ2n) is 3.69. The van der Waals surface area contributed by atoms with Crippen LogP contribution in [0.25, 0.3) is 0 Å². The molecule has 0 fully saturated rings. The number of pyridine rings is 1. The molecule has 0 bridgehead atoms. The van der Waals surface area contributed by atoms with E-state index in [-0.39, 0.29) is 10.7 Å². The van der Waals surface area contributed by atoms with Gasteiger partial charge in [-0.25, -0.2) is 13.4 Å². The molecule has 2 N–H and O–H groups in total. The molecule has 0 spiro atoms. The van der Waals surface area contributed by atoms with E-state index in [1.54, 1.807) is 30.3 Å². The highest BCUT2D eigenvalue weighted by Gasteiger charge is 2.23. The van der Waals surface area contributed by atoms with Crippen molar-refractivity contribution in [1.82, 2.24) is 4.98 Å². The molecule has 94 valence electrons. The Morgan fingerprint density at radius 3 is 2.39 bits per heavy atom. The highest BCUT2D eigenvalue weighted by Crippen LogP contribution is 2.23. The molecule has 18 heavy (non-hydrogen) atoms. The summed E-state index contributed by atoms with van der Waals surface area (Å²) in [4.78, 5) is 3.80. The average molecular weight is 263 g/mol. The van der Waals surface area contributed by atoms with Crippen LogP contribution >= 0.6 is 0 Å². The molecule has 0 aliphatic carbocycles. The lowest BCUT2D eigenvalue weighted by molar-refractivity contribution is 0.594. The van der Waals surface area contributed by atoms with Gasteiger partial charge in [-0.3, -0.25) is 4.31 Å². The van der Waals surface area contributed by atoms with Gasteiger partial charge in [0.15, 0.2) is 0 Å². The summed E-state index contributed by atoms with van der Waals surface area (Å²) in [6, 6.07) is 11.8. The summed E-state index contributed by atoms with van der Waals surface area (Å²) in [7, 11) is -2.19. The van der Waals surface area contributed by atoms with E-state index in [4.69, 9.17) is 5.73 Å². The molecule has 0 amide bonds. The number of para-hydroxylation sites is 1. The molecule has 2 aromatic rings. The summed E-state index contributed by atoms with van der Waals surface area (Å²) >= 11 is 0. The van der Waals surface area contributed by atoms with Crippen molar-refractivity contribution in [2.45, 2.75) is 4.90 Å². The van der Waals surface area contributed by atoms with Crippen LogP contribution in [0, 0.1) is 0 Å². The maximum atomic E-state index is 12.4. The largest absolute Gasteiger partial charge is 0.383 e. The van der Waals surface area contributed by atoms with E-state index < -0.39 is 10.0 Å². The number of hydrogen-bond acceptors (Lipinski definition) is 4. The average Bonchev–Trinajstić information content (AvgIpc) is 2.39. The molecule has 0 aliphatic heterocycles. The number of aromatic nitrogens is 1. The first-order valence-corrected chi connectivity index (χ1v) is 6.72. The summed E-state index contributed by atoms with van der Waals surface area (Å²) in [5, 5.41) is 0. The lowest BCUT2D eigenvalue weighted by atomic mass is 10.3. The van der Waals surface area contributed by atoms with Crippen LogP contribution in [0.15, 0.2) is 53.6 Å². The van der Waals surface area contributed by atoms with Crippen molar-refractivity contribution in [3.63, 3.8) is 0 Å². The van der Waals surface area contributed by atoms with E-state index >= 15 is 0 Å². The maximum absolute atomic E-state index is 12.4. The minimum Gasteiger partial charge on any atom is -0.383 e. The first kappa shape index (κ1) is 12.4. The van der Waals surface area contributed by atoms with E-state index in [1.165, 1.54) is 23.6 Å². The molecule has 1 aromatic carbocycles. The Bertz CT molecular complexity index is 641. The van der Waals surface area contributed by atoms with E-state index in [0.717, 1.165) is 0 Å². The fourth-order valence-electron chi connectivity index (χ4n) is 1.55. The first-order valence-electron chi connectivity index (χ1n) is 5.28. The van der Waals surface area contributed by atoms with Gasteiger partial charge in [0.25, 0.3) is 10.0 Å². The molecule has 6 heteroatoms. The van der Waals surface area contributed by atoms with Gasteiger partial charge in [0.2, 0.25) is 0 Å². The summed E-state index contributed by atoms with van der Waals surface area (Å²) in [6.45, 7) is 0. The van der Waals surface area contributed by atoms with Gasteiger partial charge in [0, 0.05) is 13.2 Å². The van der Waals surface area contributed by atoms with Crippen molar-refractivity contribution in [2.75, 3.05) is 17.1 Å². The number of rotatable bonds is 3. The van der Waals surface area contributed by atoms with Gasteiger partial charge >= 0.3 is 0 Å². The quantitative estimate of drug-likeness (QED) is 0.910. The minimum atomic E-state index is -3.68. The van der Waals surface area contributed by atoms with Crippen LogP contribution in [0.1, 0.15) is 0 Å². The molecule has 0 saturated carbocycles. The molecular weight excluding hydrogens is 250 g/mol. The third-order valence-corrected chi connectivity index (χ3v) is 4.39. The third-order valence-electron chi connectivity index (χ3n) is 2.56. The second kappa shape index (κ2) is 4.66. The molecule has 0 aliphatic rings. The number of sulfonamides is 1. The SMILES string of the molecule is CN(c1ccccc1)S(=O)(=O)c1cccnc1N. The van der Waals surface area contributed by atoms with Crippen LogP contribution in [-0.2, 0) is 10.0 Å². The van der Waals surface area contributed by atoms with E-state index in [1.807, 2.05) is 6.07 Å². The molecule has 0 radical (unpaired) electrons. The summed E-state index contributed by atoms with van der Waals surface area (Å²) in [6.07, 6.45) is 1.46. The minimum absolute atomic E-state index is 0.000260. The van der Waals surface area contributed by atoms with Crippen molar-refractivity contribution >= 4 is 21.5 Å². The topological polar surface area (TPSA) is 76.3 Å². The van der Waals surface area contributed by atoms with Crippen LogP contribution in [0.5, 0.6) is 0 Å². The van der Waals surface area contributed by atoms with Gasteiger partial charge in [-0.15, -0.1) is 0 Å². The summed E-state index contributed by atoms with van der Waals surface area (Å²) < 4.78 is 25.9. The molecule has 2 rings (SSSR count). The third kappa shape index (κ3) is 2.14. The lowest BCUT2D eigenvalue weighted by Gasteiger charge is -2.19. The number of benzene rings is 1. The Balaban J connectivity index is 2.48. The predicted octanol–water partition coefficient (Wildman–Crippen LogP) is 1.49. The Kier molecular flexibility index (Phi) is 3.20. The smallest absolute Gasteiger partial charge is 0.267 e. The van der Waals surface area contributed by atoms with Crippen LogP contribution in [0.2, 0.25) is 0 Å². The number of nitrogens with zero attached hydrogens (tertiary/aromatic N) is 2. The van der Waals surface area contributed by atoms with Crippen molar-refractivity contribution in [3.8, 4) is 0 Å². The van der Waals surface area contributed by atoms with E-state index in [2.05, 4.69) is 4.98 Å². The van der Waals surface area contributed by atoms with E-state index in [0.29, 0.717) is 5.69 Å². The monoisotopic (exact) mass is 263 g/mol. The van der Waals surface area contributed by atoms with Gasteiger partial charge < -0.3 is 5.73 Å². The standard InChI is InChI=1S/C12H13N3O2S/c1-15(10-6-3-2-4-7-10)18(16,17)11-8-5-9-14-12(11)13/h2-9H,1H3,(H2,13,14). The first-order chi connectivity index (χ1) is 8.53. The fourth-order valence-corrected chi connectivity index (χ4v) is 2.81. The van der Waals surface area contributed by atoms with Crippen molar-refractivity contribution in [1.29, 1.82) is 0 Å². The maximum Gasteiger partial charge on any atom is 0.267 e. The van der Waals surface area contributed by atoms with Crippen LogP contribution in [-0.4, -0.2) is 20.4 Å². The van der Waals surface area contributed by atoms with Gasteiger partial charge in [-0.1, -0.05) is 18.2 Å². The van der Waals surface area contributed by atoms with E-state index in [9.17, 15) is 8.42 Å². The Morgan fingerprint density at radius 2 is 1.78 bits per heavy atom. The van der Waals surface area contributed by atoms with Crippen LogP contribution in [0.3, 0.4) is 0 Å². The van der Waals surface area contributed by atoms with Gasteiger partial charge in [-0.2, -0.15) is 0 Å². The normalized spacial score (nSPS) is 11.2. The molecule has 0 atom stereocenters. The predicted molar refractivity (Wildman–Crippen MR) is 70.7 cm³/mol. The number of nitrogen functional groups attached to an aromatic ring is 1. The Labute approximate surface area is 106 Å². The molecule has 5 nitrogen and oxygen atoms in total. The Morgan fingerprint density at radius 1 is 1.11 bits per heavy atom. The van der Waals surface area contributed by atoms with Crippen molar-refractivity contribution in [2.24, 2.45) is 0 Å². The highest BCUT2D eigenvalue weighted by atomic mass is 32.2. The molecular formula is C12H13N3O2S.